The third kappa shape index (κ3) is 3.04. The second-order valence-electron chi connectivity index (χ2n) is 5.48. The van der Waals surface area contributed by atoms with Gasteiger partial charge in [0.05, 0.1) is 11.8 Å². The van der Waals surface area contributed by atoms with Gasteiger partial charge < -0.3 is 9.73 Å². The van der Waals surface area contributed by atoms with Crippen molar-refractivity contribution in [3.63, 3.8) is 0 Å². The van der Waals surface area contributed by atoms with Crippen molar-refractivity contribution < 1.29 is 17.6 Å². The molecule has 0 saturated carbocycles. The van der Waals surface area contributed by atoms with Crippen molar-refractivity contribution in [1.82, 2.24) is 5.32 Å². The third-order valence-electron chi connectivity index (χ3n) is 4.09. The zero-order chi connectivity index (χ0) is 14.3. The first kappa shape index (κ1) is 16.2. The van der Waals surface area contributed by atoms with E-state index in [0.29, 0.717) is 22.5 Å². The number of nitrogens with one attached hydrogen (secondary N) is 1. The summed E-state index contributed by atoms with van der Waals surface area (Å²) in [6.45, 7) is 3.71. The summed E-state index contributed by atoms with van der Waals surface area (Å²) in [5.41, 5.74) is 0.692. The summed E-state index contributed by atoms with van der Waals surface area (Å²) in [6, 6.07) is 4.02. The van der Waals surface area contributed by atoms with Crippen molar-refractivity contribution in [2.45, 2.75) is 25.4 Å². The molecule has 1 aromatic heterocycles. The van der Waals surface area contributed by atoms with Crippen LogP contribution in [0, 0.1) is 5.92 Å². The predicted molar refractivity (Wildman–Crippen MR) is 77.9 cm³/mol. The van der Waals surface area contributed by atoms with E-state index in [1.165, 1.54) is 12.3 Å². The Labute approximate surface area is 127 Å². The number of benzene rings is 1. The predicted octanol–water partition coefficient (Wildman–Crippen LogP) is 4.59. The molecule has 1 N–H and O–H groups in total. The fraction of sp³-hybridized carbons (Fsp3) is 0.467. The lowest BCUT2D eigenvalue weighted by Gasteiger charge is -2.30. The highest BCUT2D eigenvalue weighted by molar-refractivity contribution is 5.85. The smallest absolute Gasteiger partial charge is 0.416 e. The highest BCUT2D eigenvalue weighted by Gasteiger charge is 2.34. The van der Waals surface area contributed by atoms with Crippen molar-refractivity contribution in [3.8, 4) is 0 Å². The van der Waals surface area contributed by atoms with Crippen LogP contribution in [0.15, 0.2) is 28.9 Å². The molecule has 21 heavy (non-hydrogen) atoms. The summed E-state index contributed by atoms with van der Waals surface area (Å²) in [7, 11) is 0. The van der Waals surface area contributed by atoms with Gasteiger partial charge in [0.15, 0.2) is 0 Å². The lowest BCUT2D eigenvalue weighted by atomic mass is 9.81. The van der Waals surface area contributed by atoms with Crippen molar-refractivity contribution in [1.29, 1.82) is 0 Å². The molecule has 1 aliphatic rings. The van der Waals surface area contributed by atoms with Crippen LogP contribution in [0.25, 0.3) is 11.0 Å². The molecule has 0 aliphatic carbocycles. The summed E-state index contributed by atoms with van der Waals surface area (Å²) < 4.78 is 44.5. The minimum Gasteiger partial charge on any atom is -0.464 e. The Morgan fingerprint density at radius 1 is 1.29 bits per heavy atom. The molecule has 1 aromatic carbocycles. The largest absolute Gasteiger partial charge is 0.464 e. The molecular weight excluding hydrogens is 303 g/mol. The summed E-state index contributed by atoms with van der Waals surface area (Å²) in [6.07, 6.45) is -2.03. The van der Waals surface area contributed by atoms with Crippen molar-refractivity contribution >= 4 is 23.4 Å². The van der Waals surface area contributed by atoms with Crippen LogP contribution in [0.3, 0.4) is 0 Å². The van der Waals surface area contributed by atoms with Crippen molar-refractivity contribution in [2.75, 3.05) is 13.1 Å². The molecule has 0 spiro atoms. The van der Waals surface area contributed by atoms with Crippen LogP contribution in [0.5, 0.6) is 0 Å². The van der Waals surface area contributed by atoms with Gasteiger partial charge in [0.1, 0.15) is 5.58 Å². The molecule has 2 atom stereocenters. The first-order valence-electron chi connectivity index (χ1n) is 6.76. The molecule has 6 heteroatoms. The van der Waals surface area contributed by atoms with Crippen LogP contribution in [0.1, 0.15) is 30.4 Å². The van der Waals surface area contributed by atoms with E-state index in [0.717, 1.165) is 25.6 Å². The number of piperidine rings is 1. The molecule has 1 aliphatic heterocycles. The number of hydrogen-bond donors (Lipinski definition) is 1. The number of furan rings is 1. The number of hydrogen-bond acceptors (Lipinski definition) is 2. The highest BCUT2D eigenvalue weighted by atomic mass is 35.5. The molecule has 2 heterocycles. The van der Waals surface area contributed by atoms with Crippen molar-refractivity contribution in [2.24, 2.45) is 5.92 Å². The Kier molecular flexibility index (Phi) is 4.54. The second-order valence-corrected chi connectivity index (χ2v) is 5.48. The van der Waals surface area contributed by atoms with Crippen LogP contribution in [-0.2, 0) is 6.18 Å². The minimum atomic E-state index is -4.32. The Bertz CT molecular complexity index is 623. The van der Waals surface area contributed by atoms with Crippen LogP contribution in [-0.4, -0.2) is 13.1 Å². The number of rotatable bonds is 1. The topological polar surface area (TPSA) is 25.2 Å². The van der Waals surface area contributed by atoms with E-state index in [1.807, 2.05) is 0 Å². The van der Waals surface area contributed by atoms with Gasteiger partial charge in [-0.05, 0) is 55.1 Å². The molecule has 1 fully saturated rings. The molecule has 2 aromatic rings. The van der Waals surface area contributed by atoms with Crippen LogP contribution in [0.2, 0.25) is 0 Å². The quantitative estimate of drug-likeness (QED) is 0.832. The van der Waals surface area contributed by atoms with Gasteiger partial charge in [-0.1, -0.05) is 6.92 Å². The molecule has 116 valence electrons. The van der Waals surface area contributed by atoms with Gasteiger partial charge in [-0.2, -0.15) is 13.2 Å². The Morgan fingerprint density at radius 3 is 2.71 bits per heavy atom. The molecule has 1 saturated heterocycles. The average Bonchev–Trinajstić information content (AvgIpc) is 2.85. The maximum atomic E-state index is 13.0. The highest BCUT2D eigenvalue weighted by Crippen LogP contribution is 2.39. The molecular formula is C15H17ClF3NO. The third-order valence-corrected chi connectivity index (χ3v) is 4.09. The molecule has 0 amide bonds. The molecule has 0 unspecified atom stereocenters. The zero-order valence-corrected chi connectivity index (χ0v) is 12.4. The van der Waals surface area contributed by atoms with Gasteiger partial charge >= 0.3 is 6.18 Å². The van der Waals surface area contributed by atoms with Gasteiger partial charge in [-0.25, -0.2) is 0 Å². The molecule has 0 bridgehead atoms. The van der Waals surface area contributed by atoms with E-state index in [9.17, 15) is 13.2 Å². The van der Waals surface area contributed by atoms with Gasteiger partial charge in [0.2, 0.25) is 0 Å². The Morgan fingerprint density at radius 2 is 2.05 bits per heavy atom. The summed E-state index contributed by atoms with van der Waals surface area (Å²) in [4.78, 5) is 0. The molecule has 0 radical (unpaired) electrons. The maximum Gasteiger partial charge on any atom is 0.416 e. The van der Waals surface area contributed by atoms with Crippen molar-refractivity contribution in [3.05, 3.63) is 35.6 Å². The zero-order valence-electron chi connectivity index (χ0n) is 11.5. The van der Waals surface area contributed by atoms with E-state index in [2.05, 4.69) is 12.2 Å². The van der Waals surface area contributed by atoms with E-state index in [-0.39, 0.29) is 18.3 Å². The standard InChI is InChI=1S/C15H16F3NO.ClH/c1-9-8-19-4-2-12(9)13-7-11(15(16,17)18)6-10-3-5-20-14(10)13;/h3,5-7,9,12,19H,2,4,8H2,1H3;1H/t9-,12+;/m1./s1. The van der Waals surface area contributed by atoms with Gasteiger partial charge in [0.25, 0.3) is 0 Å². The van der Waals surface area contributed by atoms with Crippen LogP contribution in [0.4, 0.5) is 13.2 Å². The summed E-state index contributed by atoms with van der Waals surface area (Å²) >= 11 is 0. The summed E-state index contributed by atoms with van der Waals surface area (Å²) in [5.74, 6) is 0.396. The first-order chi connectivity index (χ1) is 9.47. The normalized spacial score (nSPS) is 23.0. The minimum absolute atomic E-state index is 0. The Hall–Kier alpha value is -1.20. The van der Waals surface area contributed by atoms with E-state index < -0.39 is 11.7 Å². The maximum absolute atomic E-state index is 13.0. The molecule has 2 nitrogen and oxygen atoms in total. The SMILES string of the molecule is C[C@@H]1CNCC[C@@H]1c1cc(C(F)(F)F)cc2ccoc12.Cl. The van der Waals surface area contributed by atoms with Gasteiger partial charge in [0, 0.05) is 5.39 Å². The monoisotopic (exact) mass is 319 g/mol. The van der Waals surface area contributed by atoms with E-state index in [1.54, 1.807) is 6.07 Å². The van der Waals surface area contributed by atoms with E-state index in [4.69, 9.17) is 4.42 Å². The average molecular weight is 320 g/mol. The lowest BCUT2D eigenvalue weighted by Crippen LogP contribution is -2.33. The van der Waals surface area contributed by atoms with Crippen LogP contribution < -0.4 is 5.32 Å². The Balaban J connectivity index is 0.00000161. The van der Waals surface area contributed by atoms with Gasteiger partial charge in [-0.15, -0.1) is 12.4 Å². The second kappa shape index (κ2) is 5.89. The number of alkyl halides is 3. The van der Waals surface area contributed by atoms with E-state index >= 15 is 0 Å². The number of fused-ring (bicyclic) bond motifs is 1. The number of halogens is 4. The molecule has 3 rings (SSSR count). The van der Waals surface area contributed by atoms with Gasteiger partial charge in [-0.3, -0.25) is 0 Å². The summed E-state index contributed by atoms with van der Waals surface area (Å²) in [5, 5.41) is 3.80. The fourth-order valence-corrected chi connectivity index (χ4v) is 3.02. The first-order valence-corrected chi connectivity index (χ1v) is 6.76. The van der Waals surface area contributed by atoms with Crippen LogP contribution >= 0.6 is 12.4 Å². The fourth-order valence-electron chi connectivity index (χ4n) is 3.02. The lowest BCUT2D eigenvalue weighted by molar-refractivity contribution is -0.137.